The highest BCUT2D eigenvalue weighted by Crippen LogP contribution is 2.25. The summed E-state index contributed by atoms with van der Waals surface area (Å²) >= 11 is 7.80. The Balaban J connectivity index is 2.06. The zero-order valence-corrected chi connectivity index (χ0v) is 9.91. The Kier molecular flexibility index (Phi) is 2.70. The van der Waals surface area contributed by atoms with Crippen LogP contribution in [-0.4, -0.2) is 37.6 Å². The van der Waals surface area contributed by atoms with Gasteiger partial charge in [0.05, 0.1) is 12.9 Å². The molecule has 0 radical (unpaired) electrons. The number of nitrogens with zero attached hydrogens (tertiary/aromatic N) is 4. The maximum absolute atomic E-state index is 5.94. The summed E-state index contributed by atoms with van der Waals surface area (Å²) in [5.41, 5.74) is 1.36. The van der Waals surface area contributed by atoms with Gasteiger partial charge in [0, 0.05) is 11.5 Å². The fraction of sp³-hybridized carbons (Fsp3) is 0.444. The molecule has 2 aromatic heterocycles. The summed E-state index contributed by atoms with van der Waals surface area (Å²) in [6.07, 6.45) is 3.15. The highest BCUT2D eigenvalue weighted by Gasteiger charge is 2.19. The monoisotopic (exact) mass is 256 g/mol. The molecule has 3 heterocycles. The number of imidazole rings is 1. The minimum atomic E-state index is -0.00489. The predicted molar refractivity (Wildman–Crippen MR) is 62.6 cm³/mol. The van der Waals surface area contributed by atoms with Crippen LogP contribution >= 0.6 is 23.4 Å². The number of thioether (sulfide) groups is 1. The predicted octanol–water partition coefficient (Wildman–Crippen LogP) is 1.74. The second-order valence-electron chi connectivity index (χ2n) is 3.39. The third-order valence-electron chi connectivity index (χ3n) is 2.42. The summed E-state index contributed by atoms with van der Waals surface area (Å²) in [4.78, 5) is 12.3. The lowest BCUT2D eigenvalue weighted by atomic mass is 10.5. The van der Waals surface area contributed by atoms with Gasteiger partial charge >= 0.3 is 0 Å². The molecule has 0 spiro atoms. The van der Waals surface area contributed by atoms with Crippen LogP contribution < -0.4 is 0 Å². The van der Waals surface area contributed by atoms with Crippen LogP contribution in [0.25, 0.3) is 11.2 Å². The van der Waals surface area contributed by atoms with Crippen LogP contribution in [0.3, 0.4) is 0 Å². The van der Waals surface area contributed by atoms with E-state index in [4.69, 9.17) is 16.3 Å². The lowest BCUT2D eigenvalue weighted by molar-refractivity contribution is 0.0269. The Morgan fingerprint density at radius 2 is 2.38 bits per heavy atom. The fourth-order valence-corrected chi connectivity index (χ4v) is 2.69. The number of hydrogen-bond acceptors (Lipinski definition) is 5. The molecule has 3 rings (SSSR count). The number of hydrogen-bond donors (Lipinski definition) is 0. The molecule has 0 aliphatic carbocycles. The van der Waals surface area contributed by atoms with Crippen LogP contribution in [0.15, 0.2) is 12.7 Å². The van der Waals surface area contributed by atoms with Crippen molar-refractivity contribution in [3.05, 3.63) is 17.8 Å². The molecule has 0 amide bonds. The lowest BCUT2D eigenvalue weighted by Crippen LogP contribution is -2.21. The molecule has 1 aliphatic heterocycles. The molecule has 0 N–H and O–H groups in total. The Morgan fingerprint density at radius 1 is 1.44 bits per heavy atom. The van der Waals surface area contributed by atoms with E-state index < -0.39 is 0 Å². The molecule has 0 aromatic carbocycles. The highest BCUT2D eigenvalue weighted by molar-refractivity contribution is 7.99. The van der Waals surface area contributed by atoms with Crippen LogP contribution in [0.5, 0.6) is 0 Å². The topological polar surface area (TPSA) is 52.8 Å². The largest absolute Gasteiger partial charge is 0.356 e. The summed E-state index contributed by atoms with van der Waals surface area (Å²) in [5, 5.41) is 0.382. The zero-order valence-electron chi connectivity index (χ0n) is 8.34. The van der Waals surface area contributed by atoms with Crippen molar-refractivity contribution in [1.29, 1.82) is 0 Å². The minimum Gasteiger partial charge on any atom is -0.356 e. The van der Waals surface area contributed by atoms with Crippen molar-refractivity contribution in [2.24, 2.45) is 0 Å². The van der Waals surface area contributed by atoms with E-state index in [0.29, 0.717) is 10.7 Å². The van der Waals surface area contributed by atoms with Crippen molar-refractivity contribution in [3.8, 4) is 0 Å². The lowest BCUT2D eigenvalue weighted by Gasteiger charge is -2.23. The summed E-state index contributed by atoms with van der Waals surface area (Å²) in [7, 11) is 0. The highest BCUT2D eigenvalue weighted by atomic mass is 35.5. The van der Waals surface area contributed by atoms with E-state index in [1.165, 1.54) is 6.33 Å². The van der Waals surface area contributed by atoms with Crippen molar-refractivity contribution in [1.82, 2.24) is 19.5 Å². The first-order valence-corrected chi connectivity index (χ1v) is 6.42. The number of aromatic nitrogens is 4. The van der Waals surface area contributed by atoms with Crippen LogP contribution in [0.2, 0.25) is 5.15 Å². The van der Waals surface area contributed by atoms with E-state index in [1.54, 1.807) is 6.33 Å². The van der Waals surface area contributed by atoms with Gasteiger partial charge in [-0.15, -0.1) is 0 Å². The van der Waals surface area contributed by atoms with Gasteiger partial charge in [-0.3, -0.25) is 4.57 Å². The number of halogens is 1. The van der Waals surface area contributed by atoms with Crippen molar-refractivity contribution in [3.63, 3.8) is 0 Å². The second-order valence-corrected chi connectivity index (χ2v) is 4.90. The van der Waals surface area contributed by atoms with Crippen LogP contribution in [0, 0.1) is 0 Å². The molecule has 1 saturated heterocycles. The van der Waals surface area contributed by atoms with Gasteiger partial charge in [-0.05, 0) is 0 Å². The first-order chi connectivity index (χ1) is 7.86. The van der Waals surface area contributed by atoms with Gasteiger partial charge in [-0.25, -0.2) is 15.0 Å². The van der Waals surface area contributed by atoms with E-state index in [-0.39, 0.29) is 6.23 Å². The van der Waals surface area contributed by atoms with Crippen LogP contribution in [0.1, 0.15) is 6.23 Å². The van der Waals surface area contributed by atoms with Gasteiger partial charge < -0.3 is 4.74 Å². The quantitative estimate of drug-likeness (QED) is 0.728. The second kappa shape index (κ2) is 4.20. The summed E-state index contributed by atoms with van der Waals surface area (Å²) in [6.45, 7) is 0.758. The molecule has 16 heavy (non-hydrogen) atoms. The molecule has 1 atom stereocenters. The number of fused-ring (bicyclic) bond motifs is 1. The molecule has 1 aliphatic rings. The molecule has 0 saturated carbocycles. The fourth-order valence-electron chi connectivity index (χ4n) is 1.67. The van der Waals surface area contributed by atoms with Gasteiger partial charge in [0.2, 0.25) is 0 Å². The summed E-state index contributed by atoms with van der Waals surface area (Å²) in [6, 6.07) is 0. The molecule has 1 unspecified atom stereocenters. The van der Waals surface area contributed by atoms with E-state index in [0.717, 1.165) is 23.8 Å². The van der Waals surface area contributed by atoms with E-state index in [9.17, 15) is 0 Å². The SMILES string of the molecule is Clc1ncnc2c1ncn2C1CSCCO1. The van der Waals surface area contributed by atoms with Crippen LogP contribution in [-0.2, 0) is 4.74 Å². The molecule has 1 fully saturated rings. The Hall–Kier alpha value is -0.850. The zero-order chi connectivity index (χ0) is 11.0. The maximum atomic E-state index is 5.94. The van der Waals surface area contributed by atoms with Gasteiger partial charge in [-0.2, -0.15) is 11.8 Å². The molecule has 5 nitrogen and oxygen atoms in total. The van der Waals surface area contributed by atoms with Crippen LogP contribution in [0.4, 0.5) is 0 Å². The van der Waals surface area contributed by atoms with Gasteiger partial charge in [0.1, 0.15) is 18.1 Å². The molecule has 2 aromatic rings. The normalized spacial score (nSPS) is 21.4. The average Bonchev–Trinajstić information content (AvgIpc) is 2.75. The first-order valence-electron chi connectivity index (χ1n) is 4.88. The molecule has 7 heteroatoms. The van der Waals surface area contributed by atoms with E-state index >= 15 is 0 Å². The van der Waals surface area contributed by atoms with Gasteiger partial charge in [0.15, 0.2) is 10.8 Å². The smallest absolute Gasteiger partial charge is 0.166 e. The summed E-state index contributed by atoms with van der Waals surface area (Å²) in [5.74, 6) is 1.95. The first kappa shape index (κ1) is 10.3. The average molecular weight is 257 g/mol. The molecule has 0 bridgehead atoms. The van der Waals surface area contributed by atoms with E-state index in [2.05, 4.69) is 15.0 Å². The minimum absolute atomic E-state index is 0.00489. The van der Waals surface area contributed by atoms with Crippen molar-refractivity contribution in [2.45, 2.75) is 6.23 Å². The Bertz CT molecular complexity index is 511. The molecular weight excluding hydrogens is 248 g/mol. The van der Waals surface area contributed by atoms with Crippen molar-refractivity contribution < 1.29 is 4.74 Å². The Morgan fingerprint density at radius 3 is 3.19 bits per heavy atom. The maximum Gasteiger partial charge on any atom is 0.166 e. The Labute approximate surface area is 101 Å². The molecular formula is C9H9ClN4OS. The van der Waals surface area contributed by atoms with Gasteiger partial charge in [-0.1, -0.05) is 11.6 Å². The van der Waals surface area contributed by atoms with Gasteiger partial charge in [0.25, 0.3) is 0 Å². The number of rotatable bonds is 1. The third-order valence-corrected chi connectivity index (χ3v) is 3.68. The van der Waals surface area contributed by atoms with E-state index in [1.807, 2.05) is 16.3 Å². The standard InChI is InChI=1S/C9H9ClN4OS/c10-8-7-9(12-4-11-8)14(5-13-7)6-3-16-2-1-15-6/h4-6H,1-3H2. The third kappa shape index (κ3) is 1.66. The van der Waals surface area contributed by atoms with Crippen molar-refractivity contribution in [2.75, 3.05) is 18.1 Å². The number of ether oxygens (including phenoxy) is 1. The van der Waals surface area contributed by atoms with Crippen molar-refractivity contribution >= 4 is 34.5 Å². The molecule has 84 valence electrons. The summed E-state index contributed by atoms with van der Waals surface area (Å²) < 4.78 is 7.58.